The Bertz CT molecular complexity index is 3540. The lowest BCUT2D eigenvalue weighted by molar-refractivity contribution is -0.571. The van der Waals surface area contributed by atoms with Crippen molar-refractivity contribution in [2.75, 3.05) is 0 Å². The van der Waals surface area contributed by atoms with Crippen LogP contribution in [0.1, 0.15) is 99.8 Å². The van der Waals surface area contributed by atoms with Crippen molar-refractivity contribution in [3.05, 3.63) is 198 Å². The molecule has 0 N–H and O–H groups in total. The van der Waals surface area contributed by atoms with Gasteiger partial charge in [-0.05, 0) is 160 Å². The molecule has 5 nitrogen and oxygen atoms in total. The summed E-state index contributed by atoms with van der Waals surface area (Å²) in [6.07, 6.45) is 8.21. The second-order valence-electron chi connectivity index (χ2n) is 22.3. The van der Waals surface area contributed by atoms with E-state index in [0.29, 0.717) is 46.6 Å². The first kappa shape index (κ1) is 46.8. The third kappa shape index (κ3) is 10.8. The molecule has 7 aromatic carbocycles. The molecule has 0 aliphatic carbocycles. The fourth-order valence-electron chi connectivity index (χ4n) is 10.9. The summed E-state index contributed by atoms with van der Waals surface area (Å²) in [4.78, 5) is 4.81. The molecule has 3 aromatic heterocycles. The predicted molar refractivity (Wildman–Crippen MR) is 306 cm³/mol. The highest BCUT2D eigenvalue weighted by Gasteiger charge is 2.22. The van der Waals surface area contributed by atoms with E-state index in [1.54, 1.807) is 12.3 Å². The van der Waals surface area contributed by atoms with Crippen LogP contribution in [0.25, 0.3) is 72.3 Å². The SMILES string of the molecule is [2H]C([2H])(c1ccnc(-n2c3ccccc3c3ccc(Oc4cccc(-n5[c-][n+](-c6c(-c7cc(CC(C)C)cc(CC(C)C)c7)cccc6-c6cc(CC(C)C)cc(CC(C)C)c6)c6ccccc65)c4)cc32)c1)C(C)C. The molecule has 0 saturated carbocycles. The Morgan fingerprint density at radius 2 is 1.04 bits per heavy atom. The Labute approximate surface area is 437 Å². The molecule has 0 spiro atoms. The van der Waals surface area contributed by atoms with Crippen molar-refractivity contribution in [3.8, 4) is 50.9 Å². The molecule has 0 aliphatic rings. The van der Waals surface area contributed by atoms with Gasteiger partial charge in [-0.2, -0.15) is 0 Å². The highest BCUT2D eigenvalue weighted by atomic mass is 16.5. The van der Waals surface area contributed by atoms with Crippen molar-refractivity contribution in [2.24, 2.45) is 29.6 Å². The quantitative estimate of drug-likeness (QED) is 0.0673. The van der Waals surface area contributed by atoms with Gasteiger partial charge in [0.05, 0.1) is 33.4 Å². The molecule has 73 heavy (non-hydrogen) atoms. The predicted octanol–water partition coefficient (Wildman–Crippen LogP) is 17.3. The van der Waals surface area contributed by atoms with Crippen molar-refractivity contribution in [1.82, 2.24) is 14.1 Å². The van der Waals surface area contributed by atoms with E-state index in [-0.39, 0.29) is 5.92 Å². The molecule has 0 fully saturated rings. The zero-order valence-electron chi connectivity index (χ0n) is 46.5. The molecule has 0 saturated heterocycles. The average molecular weight is 963 g/mol. The Hall–Kier alpha value is -7.24. The van der Waals surface area contributed by atoms with Crippen LogP contribution in [0.5, 0.6) is 11.5 Å². The largest absolute Gasteiger partial charge is 0.458 e. The van der Waals surface area contributed by atoms with E-state index in [2.05, 4.69) is 203 Å². The number of rotatable bonds is 17. The smallest absolute Gasteiger partial charge is 0.269 e. The van der Waals surface area contributed by atoms with Gasteiger partial charge in [-0.1, -0.05) is 172 Å². The average Bonchev–Trinajstić information content (AvgIpc) is 3.93. The van der Waals surface area contributed by atoms with Crippen LogP contribution in [0.2, 0.25) is 0 Å². The number of ether oxygens (including phenoxy) is 1. The summed E-state index contributed by atoms with van der Waals surface area (Å²) < 4.78 is 31.2. The minimum Gasteiger partial charge on any atom is -0.458 e. The lowest BCUT2D eigenvalue weighted by Gasteiger charge is -2.20. The van der Waals surface area contributed by atoms with Gasteiger partial charge in [0.1, 0.15) is 17.3 Å². The fraction of sp³-hybridized carbons (Fsp3) is 0.294. The van der Waals surface area contributed by atoms with Crippen molar-refractivity contribution in [1.29, 1.82) is 0 Å². The van der Waals surface area contributed by atoms with Crippen molar-refractivity contribution in [2.45, 2.75) is 101 Å². The standard InChI is InChI=1S/C68H72N4O/c1-44(2)29-49-27-28-69-67(40-49)72-63-22-12-11-19-61(63)62-26-25-58(42-66(62)72)73-57-18-15-17-56(41-57)70-43-71(65-24-14-13-23-64(65)70)68-59(54-36-50(30-45(3)4)34-51(37-54)31-46(5)6)20-16-21-60(68)55-38-52(32-47(7)8)35-53(39-55)33-48(9)10/h11-28,34-42,44-48H,29-33H2,1-10H3/i29D2. The van der Waals surface area contributed by atoms with E-state index < -0.39 is 6.37 Å². The zero-order valence-corrected chi connectivity index (χ0v) is 44.5. The van der Waals surface area contributed by atoms with E-state index >= 15 is 0 Å². The van der Waals surface area contributed by atoms with E-state index in [1.165, 1.54) is 44.5 Å². The maximum Gasteiger partial charge on any atom is 0.269 e. The van der Waals surface area contributed by atoms with Gasteiger partial charge in [0.25, 0.3) is 6.33 Å². The lowest BCUT2D eigenvalue weighted by Crippen LogP contribution is -2.31. The summed E-state index contributed by atoms with van der Waals surface area (Å²) in [5.41, 5.74) is 16.9. The Morgan fingerprint density at radius 3 is 1.64 bits per heavy atom. The number of imidazole rings is 1. The number of hydrogen-bond donors (Lipinski definition) is 0. The summed E-state index contributed by atoms with van der Waals surface area (Å²) in [6, 6.07) is 56.6. The molecule has 3 heterocycles. The van der Waals surface area contributed by atoms with Gasteiger partial charge >= 0.3 is 0 Å². The molecule has 0 bridgehead atoms. The lowest BCUT2D eigenvalue weighted by atomic mass is 9.88. The van der Waals surface area contributed by atoms with Crippen molar-refractivity contribution in [3.63, 3.8) is 0 Å². The van der Waals surface area contributed by atoms with Crippen LogP contribution in [0.4, 0.5) is 0 Å². The summed E-state index contributed by atoms with van der Waals surface area (Å²) in [7, 11) is 0. The number of benzene rings is 7. The highest BCUT2D eigenvalue weighted by molar-refractivity contribution is 6.09. The van der Waals surface area contributed by atoms with Crippen LogP contribution in [-0.2, 0) is 32.1 Å². The number of aromatic nitrogens is 4. The third-order valence-corrected chi connectivity index (χ3v) is 13.5. The first-order valence-electron chi connectivity index (χ1n) is 27.6. The van der Waals surface area contributed by atoms with Crippen LogP contribution in [-0.4, -0.2) is 14.1 Å². The van der Waals surface area contributed by atoms with Crippen LogP contribution in [0.3, 0.4) is 0 Å². The summed E-state index contributed by atoms with van der Waals surface area (Å²) in [6.45, 7) is 22.3. The van der Waals surface area contributed by atoms with E-state index in [1.807, 2.05) is 38.1 Å². The molecule has 10 rings (SSSR count). The molecule has 5 heteroatoms. The van der Waals surface area contributed by atoms with E-state index in [4.69, 9.17) is 12.5 Å². The molecule has 0 atom stereocenters. The number of fused-ring (bicyclic) bond motifs is 4. The first-order chi connectivity index (χ1) is 36.0. The zero-order chi connectivity index (χ0) is 52.7. The third-order valence-electron chi connectivity index (χ3n) is 13.5. The first-order valence-corrected chi connectivity index (χ1v) is 26.6. The maximum absolute atomic E-state index is 8.89. The Morgan fingerprint density at radius 1 is 0.493 bits per heavy atom. The molecular formula is C68H72N4O. The monoisotopic (exact) mass is 963 g/mol. The fourth-order valence-corrected chi connectivity index (χ4v) is 10.9. The summed E-state index contributed by atoms with van der Waals surface area (Å²) in [5.74, 6) is 3.94. The van der Waals surface area contributed by atoms with E-state index in [0.717, 1.165) is 69.9 Å². The molecule has 10 aromatic rings. The van der Waals surface area contributed by atoms with Gasteiger partial charge in [-0.15, -0.1) is 0 Å². The molecule has 0 radical (unpaired) electrons. The highest BCUT2D eigenvalue weighted by Crippen LogP contribution is 2.39. The van der Waals surface area contributed by atoms with Crippen LogP contribution < -0.4 is 9.30 Å². The van der Waals surface area contributed by atoms with Gasteiger partial charge in [0.2, 0.25) is 0 Å². The number of hydrogen-bond acceptors (Lipinski definition) is 2. The van der Waals surface area contributed by atoms with Gasteiger partial charge in [-0.3, -0.25) is 13.7 Å². The van der Waals surface area contributed by atoms with Gasteiger partial charge in [-0.25, -0.2) is 4.98 Å². The number of para-hydroxylation sites is 4. The van der Waals surface area contributed by atoms with Gasteiger partial charge < -0.3 is 4.74 Å². The van der Waals surface area contributed by atoms with Crippen molar-refractivity contribution < 1.29 is 12.0 Å². The van der Waals surface area contributed by atoms with E-state index in [9.17, 15) is 0 Å². The van der Waals surface area contributed by atoms with Crippen LogP contribution in [0.15, 0.2) is 164 Å². The van der Waals surface area contributed by atoms with Gasteiger partial charge in [0, 0.05) is 25.8 Å². The topological polar surface area (TPSA) is 35.9 Å². The van der Waals surface area contributed by atoms with Crippen LogP contribution >= 0.6 is 0 Å². The van der Waals surface area contributed by atoms with Crippen molar-refractivity contribution >= 4 is 32.8 Å². The minimum atomic E-state index is -1.52. The molecule has 370 valence electrons. The number of pyridine rings is 1. The normalized spacial score (nSPS) is 12.6. The number of nitrogens with zero attached hydrogens (tertiary/aromatic N) is 4. The van der Waals surface area contributed by atoms with Gasteiger partial charge in [0.15, 0.2) is 0 Å². The Kier molecular flexibility index (Phi) is 13.5. The van der Waals surface area contributed by atoms with Crippen LogP contribution in [0, 0.1) is 35.9 Å². The maximum atomic E-state index is 8.89. The second kappa shape index (κ2) is 21.1. The summed E-state index contributed by atoms with van der Waals surface area (Å²) >= 11 is 0. The second-order valence-corrected chi connectivity index (χ2v) is 22.3. The molecular weight excluding hydrogens is 889 g/mol. The molecule has 0 unspecified atom stereocenters. The molecule has 0 aliphatic heterocycles. The molecule has 0 amide bonds. The minimum absolute atomic E-state index is 0.206. The summed E-state index contributed by atoms with van der Waals surface area (Å²) in [5, 5.41) is 2.15. The Balaban J connectivity index is 1.12.